The molecular formula is C15H21BN2O3. The van der Waals surface area contributed by atoms with Crippen molar-refractivity contribution >= 4 is 23.6 Å². The summed E-state index contributed by atoms with van der Waals surface area (Å²) in [7, 11) is -0.408. The van der Waals surface area contributed by atoms with Crippen molar-refractivity contribution in [2.45, 2.75) is 52.4 Å². The number of benzene rings is 1. The Kier molecular flexibility index (Phi) is 3.08. The summed E-state index contributed by atoms with van der Waals surface area (Å²) < 4.78 is 13.8. The third-order valence-electron chi connectivity index (χ3n) is 4.64. The van der Waals surface area contributed by atoms with Gasteiger partial charge in [-0.05, 0) is 52.2 Å². The second kappa shape index (κ2) is 4.48. The Labute approximate surface area is 124 Å². The van der Waals surface area contributed by atoms with Gasteiger partial charge in [0.25, 0.3) is 0 Å². The maximum absolute atomic E-state index is 11.9. The minimum absolute atomic E-state index is 0.0847. The Morgan fingerprint density at radius 2 is 1.81 bits per heavy atom. The molecule has 1 aliphatic heterocycles. The van der Waals surface area contributed by atoms with Gasteiger partial charge in [-0.25, -0.2) is 4.79 Å². The van der Waals surface area contributed by atoms with Crippen LogP contribution in [0.2, 0.25) is 0 Å². The SMILES string of the molecule is CCn1c(=O)[nH]c2ccc(B3OC(C)(C)C(C)(C)O3)cc21. The average molecular weight is 288 g/mol. The average Bonchev–Trinajstić information content (AvgIpc) is 2.81. The fraction of sp³-hybridized carbons (Fsp3) is 0.533. The van der Waals surface area contributed by atoms with Crippen LogP contribution in [-0.2, 0) is 15.9 Å². The lowest BCUT2D eigenvalue weighted by atomic mass is 9.79. The minimum Gasteiger partial charge on any atom is -0.399 e. The van der Waals surface area contributed by atoms with E-state index in [9.17, 15) is 4.79 Å². The van der Waals surface area contributed by atoms with Gasteiger partial charge in [0.05, 0.1) is 22.2 Å². The van der Waals surface area contributed by atoms with Gasteiger partial charge in [-0.2, -0.15) is 0 Å². The number of nitrogens with one attached hydrogen (secondary N) is 1. The first-order chi connectivity index (χ1) is 9.75. The molecule has 2 heterocycles. The molecule has 0 aliphatic carbocycles. The topological polar surface area (TPSA) is 56.2 Å². The molecule has 0 saturated carbocycles. The second-order valence-electron chi connectivity index (χ2n) is 6.54. The van der Waals surface area contributed by atoms with Crippen LogP contribution in [0, 0.1) is 0 Å². The molecule has 0 unspecified atom stereocenters. The monoisotopic (exact) mass is 288 g/mol. The van der Waals surface area contributed by atoms with Gasteiger partial charge in [0.2, 0.25) is 0 Å². The van der Waals surface area contributed by atoms with Crippen molar-refractivity contribution in [3.05, 3.63) is 28.7 Å². The van der Waals surface area contributed by atoms with E-state index in [1.54, 1.807) is 4.57 Å². The molecule has 5 nitrogen and oxygen atoms in total. The van der Waals surface area contributed by atoms with Crippen LogP contribution < -0.4 is 11.2 Å². The van der Waals surface area contributed by atoms with E-state index in [1.807, 2.05) is 52.8 Å². The molecule has 0 bridgehead atoms. The molecule has 1 aliphatic rings. The summed E-state index contributed by atoms with van der Waals surface area (Å²) in [6.07, 6.45) is 0. The number of hydrogen-bond acceptors (Lipinski definition) is 3. The van der Waals surface area contributed by atoms with Crippen molar-refractivity contribution in [1.82, 2.24) is 9.55 Å². The molecule has 1 saturated heterocycles. The quantitative estimate of drug-likeness (QED) is 0.855. The van der Waals surface area contributed by atoms with Crippen molar-refractivity contribution in [2.75, 3.05) is 0 Å². The highest BCUT2D eigenvalue weighted by molar-refractivity contribution is 6.62. The summed E-state index contributed by atoms with van der Waals surface area (Å²) in [6.45, 7) is 10.7. The van der Waals surface area contributed by atoms with E-state index in [0.717, 1.165) is 16.5 Å². The summed E-state index contributed by atoms with van der Waals surface area (Å²) in [5.41, 5.74) is 1.84. The molecule has 112 valence electrons. The van der Waals surface area contributed by atoms with Gasteiger partial charge in [0, 0.05) is 6.54 Å². The van der Waals surface area contributed by atoms with Gasteiger partial charge in [-0.3, -0.25) is 4.57 Å². The molecule has 1 N–H and O–H groups in total. The second-order valence-corrected chi connectivity index (χ2v) is 6.54. The summed E-state index contributed by atoms with van der Waals surface area (Å²) in [4.78, 5) is 14.7. The molecule has 0 amide bonds. The fourth-order valence-electron chi connectivity index (χ4n) is 2.61. The van der Waals surface area contributed by atoms with Gasteiger partial charge in [-0.1, -0.05) is 6.07 Å². The van der Waals surface area contributed by atoms with Gasteiger partial charge in [-0.15, -0.1) is 0 Å². The molecule has 6 heteroatoms. The lowest BCUT2D eigenvalue weighted by Gasteiger charge is -2.32. The van der Waals surface area contributed by atoms with E-state index < -0.39 is 7.12 Å². The highest BCUT2D eigenvalue weighted by Gasteiger charge is 2.51. The first-order valence-corrected chi connectivity index (χ1v) is 7.33. The molecule has 0 atom stereocenters. The first kappa shape index (κ1) is 14.4. The van der Waals surface area contributed by atoms with Crippen LogP contribution in [0.3, 0.4) is 0 Å². The van der Waals surface area contributed by atoms with Crippen LogP contribution >= 0.6 is 0 Å². The van der Waals surface area contributed by atoms with E-state index >= 15 is 0 Å². The molecule has 0 spiro atoms. The Morgan fingerprint density at radius 1 is 1.19 bits per heavy atom. The maximum Gasteiger partial charge on any atom is 0.494 e. The minimum atomic E-state index is -0.408. The highest BCUT2D eigenvalue weighted by Crippen LogP contribution is 2.36. The zero-order chi connectivity index (χ0) is 15.4. The van der Waals surface area contributed by atoms with Crippen molar-refractivity contribution in [3.63, 3.8) is 0 Å². The number of hydrogen-bond donors (Lipinski definition) is 1. The third kappa shape index (κ3) is 2.13. The van der Waals surface area contributed by atoms with Crippen molar-refractivity contribution in [1.29, 1.82) is 0 Å². The lowest BCUT2D eigenvalue weighted by Crippen LogP contribution is -2.41. The largest absolute Gasteiger partial charge is 0.494 e. The van der Waals surface area contributed by atoms with E-state index in [0.29, 0.717) is 6.54 Å². The van der Waals surface area contributed by atoms with Crippen LogP contribution in [-0.4, -0.2) is 27.9 Å². The van der Waals surface area contributed by atoms with E-state index in [1.165, 1.54) is 0 Å². The molecule has 2 aromatic rings. The van der Waals surface area contributed by atoms with Gasteiger partial charge < -0.3 is 14.3 Å². The predicted molar refractivity (Wildman–Crippen MR) is 83.9 cm³/mol. The highest BCUT2D eigenvalue weighted by atomic mass is 16.7. The lowest BCUT2D eigenvalue weighted by molar-refractivity contribution is 0.00578. The van der Waals surface area contributed by atoms with E-state index in [4.69, 9.17) is 9.31 Å². The zero-order valence-electron chi connectivity index (χ0n) is 13.2. The van der Waals surface area contributed by atoms with Gasteiger partial charge in [0.1, 0.15) is 0 Å². The zero-order valence-corrected chi connectivity index (χ0v) is 13.2. The molecule has 0 radical (unpaired) electrons. The van der Waals surface area contributed by atoms with Crippen LogP contribution in [0.4, 0.5) is 0 Å². The Hall–Kier alpha value is -1.53. The number of rotatable bonds is 2. The van der Waals surface area contributed by atoms with Crippen LogP contribution in [0.15, 0.2) is 23.0 Å². The summed E-state index contributed by atoms with van der Waals surface area (Å²) >= 11 is 0. The fourth-order valence-corrected chi connectivity index (χ4v) is 2.61. The van der Waals surface area contributed by atoms with Crippen molar-refractivity contribution < 1.29 is 9.31 Å². The Balaban J connectivity index is 2.05. The number of aromatic amines is 1. The Morgan fingerprint density at radius 3 is 2.38 bits per heavy atom. The van der Waals surface area contributed by atoms with Crippen LogP contribution in [0.25, 0.3) is 11.0 Å². The van der Waals surface area contributed by atoms with E-state index in [-0.39, 0.29) is 16.9 Å². The van der Waals surface area contributed by atoms with Gasteiger partial charge in [0.15, 0.2) is 0 Å². The molecular weight excluding hydrogens is 267 g/mol. The summed E-state index contributed by atoms with van der Waals surface area (Å²) in [5, 5.41) is 0. The normalized spacial score (nSPS) is 20.3. The van der Waals surface area contributed by atoms with Crippen LogP contribution in [0.1, 0.15) is 34.6 Å². The molecule has 1 aromatic heterocycles. The van der Waals surface area contributed by atoms with Crippen LogP contribution in [0.5, 0.6) is 0 Å². The molecule has 21 heavy (non-hydrogen) atoms. The predicted octanol–water partition coefficient (Wildman–Crippen LogP) is 1.65. The van der Waals surface area contributed by atoms with Crippen molar-refractivity contribution in [2.24, 2.45) is 0 Å². The van der Waals surface area contributed by atoms with Crippen molar-refractivity contribution in [3.8, 4) is 0 Å². The molecule has 1 fully saturated rings. The first-order valence-electron chi connectivity index (χ1n) is 7.33. The Bertz CT molecular complexity index is 729. The number of aryl methyl sites for hydroxylation is 1. The number of H-pyrrole nitrogens is 1. The third-order valence-corrected chi connectivity index (χ3v) is 4.64. The number of imidazole rings is 1. The number of nitrogens with zero attached hydrogens (tertiary/aromatic N) is 1. The maximum atomic E-state index is 11.9. The number of fused-ring (bicyclic) bond motifs is 1. The molecule has 3 rings (SSSR count). The van der Waals surface area contributed by atoms with E-state index in [2.05, 4.69) is 4.98 Å². The number of aromatic nitrogens is 2. The van der Waals surface area contributed by atoms with Gasteiger partial charge >= 0.3 is 12.8 Å². The molecule has 1 aromatic carbocycles. The smallest absolute Gasteiger partial charge is 0.399 e. The summed E-state index contributed by atoms with van der Waals surface area (Å²) in [6, 6.07) is 5.82. The standard InChI is InChI=1S/C15H21BN2O3/c1-6-18-12-9-10(7-8-11(12)17-13(18)19)16-20-14(2,3)15(4,5)21-16/h7-9H,6H2,1-5H3,(H,17,19). The summed E-state index contributed by atoms with van der Waals surface area (Å²) in [5.74, 6) is 0.